The lowest BCUT2D eigenvalue weighted by Crippen LogP contribution is -2.22. The van der Waals surface area contributed by atoms with Gasteiger partial charge in [0.15, 0.2) is 5.13 Å². The second kappa shape index (κ2) is 6.37. The highest BCUT2D eigenvalue weighted by molar-refractivity contribution is 7.16. The van der Waals surface area contributed by atoms with E-state index in [4.69, 9.17) is 4.74 Å². The molecule has 1 amide bonds. The smallest absolute Gasteiger partial charge is 0.337 e. The minimum Gasteiger partial charge on any atom is -0.465 e. The van der Waals surface area contributed by atoms with E-state index in [0.717, 1.165) is 22.1 Å². The average molecular weight is 331 g/mol. The Morgan fingerprint density at radius 1 is 1.43 bits per heavy atom. The summed E-state index contributed by atoms with van der Waals surface area (Å²) in [5.41, 5.74) is 1.48. The molecule has 23 heavy (non-hydrogen) atoms. The van der Waals surface area contributed by atoms with Gasteiger partial charge in [-0.3, -0.25) is 4.79 Å². The molecule has 0 spiro atoms. The fraction of sp³-hybridized carbons (Fsp3) is 0.312. The van der Waals surface area contributed by atoms with Crippen molar-refractivity contribution in [3.05, 3.63) is 40.3 Å². The summed E-state index contributed by atoms with van der Waals surface area (Å²) < 4.78 is 4.71. The molecule has 7 heteroatoms. The number of methoxy groups -OCH3 is 1. The zero-order valence-electron chi connectivity index (χ0n) is 12.9. The second-order valence-electron chi connectivity index (χ2n) is 5.18. The molecule has 1 aromatic carbocycles. The zero-order chi connectivity index (χ0) is 16.4. The molecule has 1 atom stereocenters. The standard InChI is InChI=1S/C16H17N3O3S/c1-3-17-16-19-14-13(23-16)11(8-12(20)18-14)9-4-6-10(7-5-9)15(21)22-2/h4-7,11H,3,8H2,1-2H3,(H,17,19)(H,18,20)/t11-/m0/s1. The minimum atomic E-state index is -0.370. The molecule has 0 radical (unpaired) electrons. The number of anilines is 2. The van der Waals surface area contributed by atoms with Crippen LogP contribution in [0, 0.1) is 0 Å². The van der Waals surface area contributed by atoms with Crippen LogP contribution in [0.1, 0.15) is 40.1 Å². The Hall–Kier alpha value is -2.41. The van der Waals surface area contributed by atoms with Crippen LogP contribution in [0.15, 0.2) is 24.3 Å². The van der Waals surface area contributed by atoms with E-state index >= 15 is 0 Å². The molecule has 0 fully saturated rings. The van der Waals surface area contributed by atoms with Crippen LogP contribution in [-0.4, -0.2) is 30.5 Å². The molecule has 1 aliphatic rings. The summed E-state index contributed by atoms with van der Waals surface area (Å²) in [6.45, 7) is 2.78. The maximum Gasteiger partial charge on any atom is 0.337 e. The Labute approximate surface area is 137 Å². The molecule has 2 heterocycles. The third-order valence-corrected chi connectivity index (χ3v) is 4.81. The van der Waals surface area contributed by atoms with Gasteiger partial charge in [0.2, 0.25) is 5.91 Å². The second-order valence-corrected chi connectivity index (χ2v) is 6.21. The van der Waals surface area contributed by atoms with Crippen molar-refractivity contribution in [2.24, 2.45) is 0 Å². The van der Waals surface area contributed by atoms with E-state index < -0.39 is 0 Å². The van der Waals surface area contributed by atoms with Crippen LogP contribution in [0.3, 0.4) is 0 Å². The number of nitrogens with one attached hydrogen (secondary N) is 2. The number of hydrogen-bond donors (Lipinski definition) is 2. The normalized spacial score (nSPS) is 16.4. The van der Waals surface area contributed by atoms with E-state index in [2.05, 4.69) is 15.6 Å². The maximum absolute atomic E-state index is 12.0. The van der Waals surface area contributed by atoms with Crippen molar-refractivity contribution in [2.75, 3.05) is 24.3 Å². The van der Waals surface area contributed by atoms with Crippen LogP contribution >= 0.6 is 11.3 Å². The molecule has 0 saturated heterocycles. The van der Waals surface area contributed by atoms with E-state index in [0.29, 0.717) is 17.8 Å². The summed E-state index contributed by atoms with van der Waals surface area (Å²) in [4.78, 5) is 28.9. The average Bonchev–Trinajstić information content (AvgIpc) is 2.96. The number of carbonyl (C=O) groups is 2. The number of aromatic nitrogens is 1. The van der Waals surface area contributed by atoms with Gasteiger partial charge in [-0.1, -0.05) is 23.5 Å². The molecule has 2 aromatic rings. The van der Waals surface area contributed by atoms with E-state index in [1.165, 1.54) is 7.11 Å². The molecule has 120 valence electrons. The quantitative estimate of drug-likeness (QED) is 0.842. The lowest BCUT2D eigenvalue weighted by molar-refractivity contribution is -0.116. The number of esters is 1. The van der Waals surface area contributed by atoms with Crippen LogP contribution in [0.25, 0.3) is 0 Å². The number of nitrogens with zero attached hydrogens (tertiary/aromatic N) is 1. The molecule has 0 saturated carbocycles. The Balaban J connectivity index is 1.94. The Morgan fingerprint density at radius 2 is 2.17 bits per heavy atom. The minimum absolute atomic E-state index is 0.0460. The number of thiazole rings is 1. The third kappa shape index (κ3) is 3.05. The van der Waals surface area contributed by atoms with E-state index in [9.17, 15) is 9.59 Å². The van der Waals surface area contributed by atoms with Crippen molar-refractivity contribution in [3.8, 4) is 0 Å². The number of ether oxygens (including phenoxy) is 1. The van der Waals surface area contributed by atoms with Crippen molar-refractivity contribution >= 4 is 34.2 Å². The van der Waals surface area contributed by atoms with Crippen LogP contribution in [0.5, 0.6) is 0 Å². The van der Waals surface area contributed by atoms with E-state index in [1.807, 2.05) is 19.1 Å². The Morgan fingerprint density at radius 3 is 2.83 bits per heavy atom. The highest BCUT2D eigenvalue weighted by Crippen LogP contribution is 2.42. The summed E-state index contributed by atoms with van der Waals surface area (Å²) in [7, 11) is 1.35. The SMILES string of the molecule is CCNc1nc2c(s1)[C@H](c1ccc(C(=O)OC)cc1)CC(=O)N2. The predicted molar refractivity (Wildman–Crippen MR) is 89.1 cm³/mol. The van der Waals surface area contributed by atoms with Crippen LogP contribution in [0.2, 0.25) is 0 Å². The lowest BCUT2D eigenvalue weighted by Gasteiger charge is -2.21. The largest absolute Gasteiger partial charge is 0.465 e. The summed E-state index contributed by atoms with van der Waals surface area (Å²) in [5, 5.41) is 6.80. The molecule has 1 aliphatic heterocycles. The number of hydrogen-bond acceptors (Lipinski definition) is 6. The summed E-state index contributed by atoms with van der Waals surface area (Å²) >= 11 is 1.55. The predicted octanol–water partition coefficient (Wildman–Crippen LogP) is 2.84. The first-order valence-electron chi connectivity index (χ1n) is 7.35. The molecule has 1 aromatic heterocycles. The van der Waals surface area contributed by atoms with Crippen LogP contribution in [0.4, 0.5) is 10.9 Å². The fourth-order valence-corrected chi connectivity index (χ4v) is 3.70. The van der Waals surface area contributed by atoms with Crippen molar-refractivity contribution in [1.29, 1.82) is 0 Å². The Kier molecular flexibility index (Phi) is 4.29. The molecular formula is C16H17N3O3S. The highest BCUT2D eigenvalue weighted by Gasteiger charge is 2.30. The molecule has 0 aliphatic carbocycles. The number of carbonyl (C=O) groups excluding carboxylic acids is 2. The number of amides is 1. The molecule has 0 bridgehead atoms. The first kappa shape index (κ1) is 15.5. The van der Waals surface area contributed by atoms with E-state index in [1.54, 1.807) is 23.5 Å². The third-order valence-electron chi connectivity index (χ3n) is 3.68. The lowest BCUT2D eigenvalue weighted by atomic mass is 9.91. The number of rotatable bonds is 4. The van der Waals surface area contributed by atoms with Gasteiger partial charge in [0, 0.05) is 18.9 Å². The van der Waals surface area contributed by atoms with Gasteiger partial charge in [0.1, 0.15) is 5.82 Å². The molecular weight excluding hydrogens is 314 g/mol. The number of fused-ring (bicyclic) bond motifs is 1. The van der Waals surface area contributed by atoms with Crippen LogP contribution < -0.4 is 10.6 Å². The molecule has 6 nitrogen and oxygen atoms in total. The van der Waals surface area contributed by atoms with Gasteiger partial charge in [-0.05, 0) is 24.6 Å². The zero-order valence-corrected chi connectivity index (χ0v) is 13.7. The van der Waals surface area contributed by atoms with Gasteiger partial charge in [-0.2, -0.15) is 0 Å². The van der Waals surface area contributed by atoms with E-state index in [-0.39, 0.29) is 17.8 Å². The molecule has 3 rings (SSSR count). The maximum atomic E-state index is 12.0. The molecule has 2 N–H and O–H groups in total. The molecule has 0 unspecified atom stereocenters. The summed E-state index contributed by atoms with van der Waals surface area (Å²) in [5.74, 6) is 0.165. The highest BCUT2D eigenvalue weighted by atomic mass is 32.1. The van der Waals surface area contributed by atoms with Gasteiger partial charge >= 0.3 is 5.97 Å². The van der Waals surface area contributed by atoms with Crippen molar-refractivity contribution in [2.45, 2.75) is 19.3 Å². The van der Waals surface area contributed by atoms with Crippen molar-refractivity contribution < 1.29 is 14.3 Å². The van der Waals surface area contributed by atoms with Gasteiger partial charge in [-0.25, -0.2) is 9.78 Å². The first-order chi connectivity index (χ1) is 11.1. The van der Waals surface area contributed by atoms with Gasteiger partial charge < -0.3 is 15.4 Å². The summed E-state index contributed by atoms with van der Waals surface area (Å²) in [6, 6.07) is 7.18. The Bertz CT molecular complexity index is 740. The van der Waals surface area contributed by atoms with Crippen LogP contribution in [-0.2, 0) is 9.53 Å². The monoisotopic (exact) mass is 331 g/mol. The van der Waals surface area contributed by atoms with Gasteiger partial charge in [0.25, 0.3) is 0 Å². The topological polar surface area (TPSA) is 80.3 Å². The number of benzene rings is 1. The fourth-order valence-electron chi connectivity index (χ4n) is 2.58. The van der Waals surface area contributed by atoms with Crippen molar-refractivity contribution in [1.82, 2.24) is 4.98 Å². The summed E-state index contributed by atoms with van der Waals surface area (Å²) in [6.07, 6.45) is 0.373. The van der Waals surface area contributed by atoms with Gasteiger partial charge in [0.05, 0.1) is 17.6 Å². The van der Waals surface area contributed by atoms with Crippen molar-refractivity contribution in [3.63, 3.8) is 0 Å². The van der Waals surface area contributed by atoms with Gasteiger partial charge in [-0.15, -0.1) is 0 Å². The first-order valence-corrected chi connectivity index (χ1v) is 8.16.